The number of unbranched alkanes of at least 4 members (excludes halogenated alkanes) is 15. The van der Waals surface area contributed by atoms with E-state index in [1.54, 1.807) is 0 Å². The van der Waals surface area contributed by atoms with Crippen LogP contribution in [-0.2, 0) is 32.7 Å². The Kier molecular flexibility index (Phi) is 38.9. The molecule has 1 fully saturated rings. The Labute approximate surface area is 403 Å². The summed E-state index contributed by atoms with van der Waals surface area (Å²) < 4.78 is 33.6. The van der Waals surface area contributed by atoms with Crippen molar-refractivity contribution < 1.29 is 63.1 Å². The van der Waals surface area contributed by atoms with E-state index in [4.69, 9.17) is 18.5 Å². The quantitative estimate of drug-likeness (QED) is 0.0146. The Bertz CT molecular complexity index is 1490. The lowest BCUT2D eigenvalue weighted by molar-refractivity contribution is -0.220. The maximum atomic E-state index is 12.8. The SMILES string of the molecule is CC/C=C\C/C=C\C/C=C\C/C=C\CCCCCCCCCCCCC(=O)OC(COC(=O)CCCCCCC/C=C\C/C=C\C/C=C\CC)COP(=O)(O)OC1C(O)C(O)C(O)C(O)C1O. The highest BCUT2D eigenvalue weighted by molar-refractivity contribution is 7.47. The molecular formula is C53H89O13P. The van der Waals surface area contributed by atoms with E-state index in [1.165, 1.54) is 32.1 Å². The predicted octanol–water partition coefficient (Wildman–Crippen LogP) is 10.8. The third kappa shape index (κ3) is 34.1. The van der Waals surface area contributed by atoms with Gasteiger partial charge in [-0.2, -0.15) is 0 Å². The minimum atomic E-state index is -5.13. The van der Waals surface area contributed by atoms with Crippen LogP contribution in [0.4, 0.5) is 0 Å². The number of rotatable bonds is 41. The Hall–Kier alpha value is -2.97. The van der Waals surface area contributed by atoms with Crippen molar-refractivity contribution in [1.29, 1.82) is 0 Å². The van der Waals surface area contributed by atoms with E-state index < -0.39 is 75.7 Å². The van der Waals surface area contributed by atoms with Crippen LogP contribution in [0.15, 0.2) is 85.1 Å². The van der Waals surface area contributed by atoms with E-state index in [1.807, 2.05) is 0 Å². The van der Waals surface area contributed by atoms with Crippen molar-refractivity contribution in [3.05, 3.63) is 85.1 Å². The first-order chi connectivity index (χ1) is 32.4. The minimum Gasteiger partial charge on any atom is -0.462 e. The van der Waals surface area contributed by atoms with Crippen molar-refractivity contribution in [1.82, 2.24) is 0 Å². The highest BCUT2D eigenvalue weighted by atomic mass is 31.2. The molecule has 1 rings (SSSR count). The van der Waals surface area contributed by atoms with Crippen LogP contribution < -0.4 is 0 Å². The number of aliphatic hydroxyl groups excluding tert-OH is 5. The second-order valence-electron chi connectivity index (χ2n) is 17.3. The Balaban J connectivity index is 2.40. The van der Waals surface area contributed by atoms with Gasteiger partial charge in [0.25, 0.3) is 0 Å². The lowest BCUT2D eigenvalue weighted by Crippen LogP contribution is -2.64. The highest BCUT2D eigenvalue weighted by Gasteiger charge is 2.51. The minimum absolute atomic E-state index is 0.0827. The molecular weight excluding hydrogens is 876 g/mol. The lowest BCUT2D eigenvalue weighted by Gasteiger charge is -2.41. The monoisotopic (exact) mass is 965 g/mol. The summed E-state index contributed by atoms with van der Waals surface area (Å²) in [4.78, 5) is 35.8. The summed E-state index contributed by atoms with van der Waals surface area (Å²) in [7, 11) is -5.13. The van der Waals surface area contributed by atoms with Crippen LogP contribution in [0.1, 0.15) is 181 Å². The van der Waals surface area contributed by atoms with Gasteiger partial charge in [-0.05, 0) is 83.5 Å². The molecule has 0 saturated heterocycles. The first kappa shape index (κ1) is 62.0. The summed E-state index contributed by atoms with van der Waals surface area (Å²) in [6.07, 6.45) is 42.0. The van der Waals surface area contributed by atoms with Crippen molar-refractivity contribution in [2.75, 3.05) is 13.2 Å². The zero-order chi connectivity index (χ0) is 49.2. The molecule has 1 saturated carbocycles. The number of allylic oxidation sites excluding steroid dienone is 14. The molecule has 1 aliphatic rings. The summed E-state index contributed by atoms with van der Waals surface area (Å²) in [5.41, 5.74) is 0. The van der Waals surface area contributed by atoms with Crippen molar-refractivity contribution in [2.24, 2.45) is 0 Å². The second kappa shape index (κ2) is 42.0. The number of phosphoric ester groups is 1. The molecule has 0 aromatic carbocycles. The van der Waals surface area contributed by atoms with E-state index in [2.05, 4.69) is 98.9 Å². The smallest absolute Gasteiger partial charge is 0.462 e. The molecule has 384 valence electrons. The van der Waals surface area contributed by atoms with Crippen molar-refractivity contribution >= 4 is 19.8 Å². The standard InChI is InChI=1S/C53H89O13P/c1-3-5-7-9-11-13-15-17-19-20-21-22-23-24-25-26-28-30-32-34-36-38-40-42-47(55)65-45(44-64-67(61,62)66-53-51(59)49(57)48(56)50(58)52(53)60)43-63-46(54)41-39-37-35-33-31-29-27-18-16-14-12-10-8-6-4-2/h5-8,11-14,17-19,21-22,27,45,48-53,56-60H,3-4,9-10,15-16,20,23-26,28-44H2,1-2H3,(H,61,62)/b7-5-,8-6-,13-11-,14-12-,19-17-,22-21-,27-18-. The maximum absolute atomic E-state index is 12.8. The number of phosphoric acid groups is 1. The van der Waals surface area contributed by atoms with Crippen LogP contribution in [0.2, 0.25) is 0 Å². The molecule has 6 atom stereocenters. The lowest BCUT2D eigenvalue weighted by atomic mass is 9.85. The summed E-state index contributed by atoms with van der Waals surface area (Å²) in [6, 6.07) is 0. The van der Waals surface area contributed by atoms with E-state index in [0.717, 1.165) is 109 Å². The van der Waals surface area contributed by atoms with Gasteiger partial charge in [-0.3, -0.25) is 18.6 Å². The number of ether oxygens (including phenoxy) is 2. The van der Waals surface area contributed by atoms with Crippen LogP contribution >= 0.6 is 7.82 Å². The highest BCUT2D eigenvalue weighted by Crippen LogP contribution is 2.47. The predicted molar refractivity (Wildman–Crippen MR) is 267 cm³/mol. The molecule has 0 amide bonds. The number of hydrogen-bond acceptors (Lipinski definition) is 12. The van der Waals surface area contributed by atoms with Gasteiger partial charge in [-0.1, -0.05) is 170 Å². The van der Waals surface area contributed by atoms with E-state index >= 15 is 0 Å². The number of hydrogen-bond donors (Lipinski definition) is 6. The molecule has 0 bridgehead atoms. The number of carbonyl (C=O) groups is 2. The van der Waals surface area contributed by atoms with Crippen LogP contribution in [0, 0.1) is 0 Å². The molecule has 6 N–H and O–H groups in total. The normalized spacial score (nSPS) is 21.9. The molecule has 14 heteroatoms. The average molecular weight is 965 g/mol. The third-order valence-corrected chi connectivity index (χ3v) is 12.2. The van der Waals surface area contributed by atoms with Crippen LogP contribution in [-0.4, -0.2) is 98.3 Å². The molecule has 0 aliphatic heterocycles. The van der Waals surface area contributed by atoms with Gasteiger partial charge in [0.2, 0.25) is 0 Å². The molecule has 0 radical (unpaired) electrons. The van der Waals surface area contributed by atoms with E-state index in [-0.39, 0.29) is 12.8 Å². The van der Waals surface area contributed by atoms with Gasteiger partial charge in [0.05, 0.1) is 6.61 Å². The van der Waals surface area contributed by atoms with Gasteiger partial charge in [0.1, 0.15) is 43.2 Å². The van der Waals surface area contributed by atoms with Gasteiger partial charge in [-0.15, -0.1) is 0 Å². The Morgan fingerprint density at radius 1 is 0.463 bits per heavy atom. The Morgan fingerprint density at radius 2 is 0.806 bits per heavy atom. The summed E-state index contributed by atoms with van der Waals surface area (Å²) in [5, 5.41) is 50.3. The molecule has 67 heavy (non-hydrogen) atoms. The van der Waals surface area contributed by atoms with Crippen molar-refractivity contribution in [2.45, 2.75) is 224 Å². The summed E-state index contributed by atoms with van der Waals surface area (Å²) in [6.45, 7) is 3.06. The number of esters is 2. The molecule has 0 aromatic rings. The van der Waals surface area contributed by atoms with Crippen LogP contribution in [0.25, 0.3) is 0 Å². The molecule has 13 nitrogen and oxygen atoms in total. The van der Waals surface area contributed by atoms with Gasteiger partial charge >= 0.3 is 19.8 Å². The maximum Gasteiger partial charge on any atom is 0.472 e. The van der Waals surface area contributed by atoms with Crippen LogP contribution in [0.5, 0.6) is 0 Å². The second-order valence-corrected chi connectivity index (χ2v) is 18.7. The van der Waals surface area contributed by atoms with Crippen molar-refractivity contribution in [3.63, 3.8) is 0 Å². The third-order valence-electron chi connectivity index (χ3n) is 11.2. The fourth-order valence-electron chi connectivity index (χ4n) is 7.23. The zero-order valence-corrected chi connectivity index (χ0v) is 41.8. The summed E-state index contributed by atoms with van der Waals surface area (Å²) >= 11 is 0. The van der Waals surface area contributed by atoms with Gasteiger partial charge in [0, 0.05) is 12.8 Å². The zero-order valence-electron chi connectivity index (χ0n) is 40.9. The van der Waals surface area contributed by atoms with Crippen molar-refractivity contribution in [3.8, 4) is 0 Å². The first-order valence-electron chi connectivity index (χ1n) is 25.4. The first-order valence-corrected chi connectivity index (χ1v) is 26.9. The molecule has 0 spiro atoms. The molecule has 0 aromatic heterocycles. The van der Waals surface area contributed by atoms with Gasteiger partial charge in [0.15, 0.2) is 6.10 Å². The number of aliphatic hydroxyl groups is 5. The van der Waals surface area contributed by atoms with Gasteiger partial charge in [-0.25, -0.2) is 4.57 Å². The van der Waals surface area contributed by atoms with E-state index in [9.17, 15) is 44.6 Å². The van der Waals surface area contributed by atoms with E-state index in [0.29, 0.717) is 12.8 Å². The molecule has 0 heterocycles. The Morgan fingerprint density at radius 3 is 1.22 bits per heavy atom. The fraction of sp³-hybridized carbons (Fsp3) is 0.698. The molecule has 1 aliphatic carbocycles. The summed E-state index contributed by atoms with van der Waals surface area (Å²) in [5.74, 6) is -1.13. The van der Waals surface area contributed by atoms with Crippen LogP contribution in [0.3, 0.4) is 0 Å². The largest absolute Gasteiger partial charge is 0.472 e. The molecule has 6 unspecified atom stereocenters. The number of carbonyl (C=O) groups excluding carboxylic acids is 2. The average Bonchev–Trinajstić information content (AvgIpc) is 3.31. The van der Waals surface area contributed by atoms with Gasteiger partial charge < -0.3 is 39.9 Å². The topological polar surface area (TPSA) is 210 Å². The fourth-order valence-corrected chi connectivity index (χ4v) is 8.21.